The molecule has 16 heavy (non-hydrogen) atoms. The van der Waals surface area contributed by atoms with Crippen LogP contribution in [0.5, 0.6) is 0 Å². The largest absolute Gasteiger partial charge is 0.275 e. The third-order valence-electron chi connectivity index (χ3n) is 3.66. The van der Waals surface area contributed by atoms with Gasteiger partial charge in [-0.3, -0.25) is 14.5 Å². The number of amides is 2. The minimum atomic E-state index is -0.116. The predicted octanol–water partition coefficient (Wildman–Crippen LogP) is 2.52. The summed E-state index contributed by atoms with van der Waals surface area (Å²) in [6, 6.07) is 0. The number of nitrogens with zero attached hydrogens (tertiary/aromatic N) is 1. The molecule has 0 fully saturated rings. The van der Waals surface area contributed by atoms with Crippen LogP contribution in [0.2, 0.25) is 0 Å². The summed E-state index contributed by atoms with van der Waals surface area (Å²) in [5.41, 5.74) is 1.38. The average Bonchev–Trinajstić information content (AvgIpc) is 2.42. The highest BCUT2D eigenvalue weighted by molar-refractivity contribution is 6.18. The van der Waals surface area contributed by atoms with Crippen molar-refractivity contribution in [1.29, 1.82) is 0 Å². The predicted molar refractivity (Wildman–Crippen MR) is 63.8 cm³/mol. The van der Waals surface area contributed by atoms with Gasteiger partial charge in [0, 0.05) is 17.7 Å². The maximum absolute atomic E-state index is 11.8. The number of carbonyl (C=O) groups excluding carboxylic acids is 2. The van der Waals surface area contributed by atoms with Crippen molar-refractivity contribution in [3.8, 4) is 0 Å². The van der Waals surface area contributed by atoms with Gasteiger partial charge in [-0.25, -0.2) is 0 Å². The van der Waals surface area contributed by atoms with Gasteiger partial charge in [-0.2, -0.15) is 0 Å². The zero-order valence-electron chi connectivity index (χ0n) is 10.9. The fraction of sp³-hybridized carbons (Fsp3) is 0.692. The van der Waals surface area contributed by atoms with Crippen molar-refractivity contribution in [3.63, 3.8) is 0 Å². The highest BCUT2D eigenvalue weighted by atomic mass is 16.2. The molecule has 0 spiro atoms. The third-order valence-corrected chi connectivity index (χ3v) is 3.66. The van der Waals surface area contributed by atoms with E-state index in [2.05, 4.69) is 20.8 Å². The Labute approximate surface area is 97.5 Å². The molecule has 3 nitrogen and oxygen atoms in total. The van der Waals surface area contributed by atoms with Crippen LogP contribution in [-0.4, -0.2) is 23.3 Å². The van der Waals surface area contributed by atoms with E-state index in [0.717, 1.165) is 12.8 Å². The molecule has 0 radical (unpaired) electrons. The van der Waals surface area contributed by atoms with Crippen molar-refractivity contribution < 1.29 is 9.59 Å². The zero-order chi connectivity index (χ0) is 12.5. The molecule has 2 amide bonds. The summed E-state index contributed by atoms with van der Waals surface area (Å²) in [7, 11) is 0. The number of carbonyl (C=O) groups is 2. The monoisotopic (exact) mass is 223 g/mol. The summed E-state index contributed by atoms with van der Waals surface area (Å²) in [5.74, 6) is -0.233. The Morgan fingerprint density at radius 2 is 1.50 bits per heavy atom. The van der Waals surface area contributed by atoms with E-state index < -0.39 is 0 Å². The van der Waals surface area contributed by atoms with E-state index in [4.69, 9.17) is 0 Å². The van der Waals surface area contributed by atoms with Crippen molar-refractivity contribution in [2.75, 3.05) is 6.54 Å². The second-order valence-electron chi connectivity index (χ2n) is 5.28. The van der Waals surface area contributed by atoms with Crippen molar-refractivity contribution in [2.45, 2.75) is 47.5 Å². The fourth-order valence-electron chi connectivity index (χ4n) is 1.61. The molecule has 1 rings (SSSR count). The van der Waals surface area contributed by atoms with E-state index in [1.807, 2.05) is 0 Å². The van der Waals surface area contributed by atoms with Crippen LogP contribution in [0.4, 0.5) is 0 Å². The fourth-order valence-corrected chi connectivity index (χ4v) is 1.61. The molecular weight excluding hydrogens is 202 g/mol. The van der Waals surface area contributed by atoms with Gasteiger partial charge in [0.2, 0.25) is 0 Å². The summed E-state index contributed by atoms with van der Waals surface area (Å²) in [6.45, 7) is 10.4. The Morgan fingerprint density at radius 3 is 1.88 bits per heavy atom. The first-order valence-electron chi connectivity index (χ1n) is 5.84. The third kappa shape index (κ3) is 2.34. The van der Waals surface area contributed by atoms with Crippen molar-refractivity contribution in [2.24, 2.45) is 5.41 Å². The topological polar surface area (TPSA) is 37.4 Å². The van der Waals surface area contributed by atoms with Crippen molar-refractivity contribution >= 4 is 11.8 Å². The van der Waals surface area contributed by atoms with Crippen LogP contribution in [0, 0.1) is 5.41 Å². The van der Waals surface area contributed by atoms with E-state index in [1.54, 1.807) is 13.8 Å². The number of hydrogen-bond acceptors (Lipinski definition) is 2. The lowest BCUT2D eigenvalue weighted by Crippen LogP contribution is -2.34. The maximum atomic E-state index is 11.8. The average molecular weight is 223 g/mol. The van der Waals surface area contributed by atoms with Crippen molar-refractivity contribution in [1.82, 2.24) is 4.90 Å². The maximum Gasteiger partial charge on any atom is 0.256 e. The standard InChI is InChI=1S/C13H21NO2/c1-6-13(4,5)7-8-14-11(15)9(2)10(3)12(14)16/h6-8H2,1-5H3. The van der Waals surface area contributed by atoms with Crippen LogP contribution in [-0.2, 0) is 9.59 Å². The molecule has 0 atom stereocenters. The molecule has 0 aromatic rings. The second kappa shape index (κ2) is 4.40. The van der Waals surface area contributed by atoms with Crippen LogP contribution in [0.15, 0.2) is 11.1 Å². The molecule has 0 aromatic heterocycles. The van der Waals surface area contributed by atoms with E-state index in [0.29, 0.717) is 17.7 Å². The molecule has 3 heteroatoms. The van der Waals surface area contributed by atoms with Gasteiger partial charge >= 0.3 is 0 Å². The molecule has 90 valence electrons. The Kier molecular flexibility index (Phi) is 3.56. The van der Waals surface area contributed by atoms with Gasteiger partial charge in [0.1, 0.15) is 0 Å². The van der Waals surface area contributed by atoms with Crippen LogP contribution >= 0.6 is 0 Å². The first kappa shape index (κ1) is 12.9. The molecule has 0 aromatic carbocycles. The molecule has 1 aliphatic rings. The lowest BCUT2D eigenvalue weighted by atomic mass is 9.86. The molecule has 0 unspecified atom stereocenters. The summed E-state index contributed by atoms with van der Waals surface area (Å²) in [5, 5.41) is 0. The molecule has 0 aliphatic carbocycles. The molecule has 0 saturated heterocycles. The quantitative estimate of drug-likeness (QED) is 0.687. The molecule has 0 N–H and O–H groups in total. The van der Waals surface area contributed by atoms with Crippen molar-refractivity contribution in [3.05, 3.63) is 11.1 Å². The first-order chi connectivity index (χ1) is 7.30. The molecule has 1 aliphatic heterocycles. The number of imide groups is 1. The van der Waals surface area contributed by atoms with Gasteiger partial charge in [-0.15, -0.1) is 0 Å². The Balaban J connectivity index is 2.66. The normalized spacial score (nSPS) is 17.7. The smallest absolute Gasteiger partial charge is 0.256 e. The minimum absolute atomic E-state index is 0.116. The lowest BCUT2D eigenvalue weighted by molar-refractivity contribution is -0.137. The van der Waals surface area contributed by atoms with Crippen LogP contribution in [0.3, 0.4) is 0 Å². The van der Waals surface area contributed by atoms with Gasteiger partial charge < -0.3 is 0 Å². The zero-order valence-corrected chi connectivity index (χ0v) is 10.9. The summed E-state index contributed by atoms with van der Waals surface area (Å²) in [4.78, 5) is 24.9. The van der Waals surface area contributed by atoms with E-state index in [-0.39, 0.29) is 17.2 Å². The van der Waals surface area contributed by atoms with Gasteiger partial charge in [0.15, 0.2) is 0 Å². The van der Waals surface area contributed by atoms with E-state index in [9.17, 15) is 9.59 Å². The van der Waals surface area contributed by atoms with E-state index >= 15 is 0 Å². The minimum Gasteiger partial charge on any atom is -0.275 e. The highest BCUT2D eigenvalue weighted by Gasteiger charge is 2.33. The Hall–Kier alpha value is -1.12. The Bertz CT molecular complexity index is 329. The number of hydrogen-bond donors (Lipinski definition) is 0. The van der Waals surface area contributed by atoms with E-state index in [1.165, 1.54) is 4.90 Å². The summed E-state index contributed by atoms with van der Waals surface area (Å²) >= 11 is 0. The first-order valence-corrected chi connectivity index (χ1v) is 5.84. The summed E-state index contributed by atoms with van der Waals surface area (Å²) < 4.78 is 0. The second-order valence-corrected chi connectivity index (χ2v) is 5.28. The van der Waals surface area contributed by atoms with Crippen LogP contribution in [0.1, 0.15) is 47.5 Å². The SMILES string of the molecule is CCC(C)(C)CCN1C(=O)C(C)=C(C)C1=O. The van der Waals surface area contributed by atoms with Gasteiger partial charge in [0.25, 0.3) is 11.8 Å². The molecule has 0 saturated carbocycles. The van der Waals surface area contributed by atoms with Crippen LogP contribution < -0.4 is 0 Å². The number of rotatable bonds is 4. The van der Waals surface area contributed by atoms with Crippen LogP contribution in [0.25, 0.3) is 0 Å². The van der Waals surface area contributed by atoms with Gasteiger partial charge in [-0.1, -0.05) is 27.2 Å². The molecule has 0 bridgehead atoms. The Morgan fingerprint density at radius 1 is 1.06 bits per heavy atom. The highest BCUT2D eigenvalue weighted by Crippen LogP contribution is 2.27. The molecule has 1 heterocycles. The summed E-state index contributed by atoms with van der Waals surface area (Å²) in [6.07, 6.45) is 1.91. The molecular formula is C13H21NO2. The van der Waals surface area contributed by atoms with Gasteiger partial charge in [0.05, 0.1) is 0 Å². The van der Waals surface area contributed by atoms with Gasteiger partial charge in [-0.05, 0) is 25.7 Å². The lowest BCUT2D eigenvalue weighted by Gasteiger charge is -2.25.